The van der Waals surface area contributed by atoms with Gasteiger partial charge in [0.1, 0.15) is 10.6 Å². The van der Waals surface area contributed by atoms with Gasteiger partial charge in [0.2, 0.25) is 10.0 Å². The third kappa shape index (κ3) is 4.23. The van der Waals surface area contributed by atoms with Crippen LogP contribution in [0.3, 0.4) is 0 Å². The lowest BCUT2D eigenvalue weighted by Crippen LogP contribution is -2.40. The SMILES string of the molecule is COc1ccc(/C=C/C(=O)N2c3ccccc3CC2C)cc1S(=O)(=O)N1CCOCC1. The summed E-state index contributed by atoms with van der Waals surface area (Å²) >= 11 is 0. The van der Waals surface area contributed by atoms with E-state index in [1.165, 1.54) is 17.5 Å². The standard InChI is InChI=1S/C23H26N2O5S/c1-17-15-19-5-3-4-6-20(19)25(17)23(26)10-8-18-7-9-21(29-2)22(16-18)31(27,28)24-11-13-30-14-12-24/h3-10,16-17H,11-15H2,1-2H3/b10-8+. The topological polar surface area (TPSA) is 76.2 Å². The molecule has 0 aromatic heterocycles. The van der Waals surface area contributed by atoms with Crippen molar-refractivity contribution in [1.82, 2.24) is 4.31 Å². The van der Waals surface area contributed by atoms with Crippen LogP contribution >= 0.6 is 0 Å². The molecular weight excluding hydrogens is 416 g/mol. The Hall–Kier alpha value is -2.68. The molecule has 0 radical (unpaired) electrons. The van der Waals surface area contributed by atoms with Gasteiger partial charge in [0.25, 0.3) is 5.91 Å². The van der Waals surface area contributed by atoms with Crippen LogP contribution in [-0.2, 0) is 26.0 Å². The van der Waals surface area contributed by atoms with Gasteiger partial charge in [-0.25, -0.2) is 8.42 Å². The number of rotatable bonds is 5. The number of morpholine rings is 1. The molecule has 1 amide bonds. The summed E-state index contributed by atoms with van der Waals surface area (Å²) in [7, 11) is -2.29. The Morgan fingerprint density at radius 1 is 1.16 bits per heavy atom. The quantitative estimate of drug-likeness (QED) is 0.666. The number of ether oxygens (including phenoxy) is 2. The molecule has 8 heteroatoms. The lowest BCUT2D eigenvalue weighted by atomic mass is 10.1. The minimum absolute atomic E-state index is 0.0719. The predicted molar refractivity (Wildman–Crippen MR) is 119 cm³/mol. The van der Waals surface area contributed by atoms with Crippen molar-refractivity contribution in [3.8, 4) is 5.75 Å². The second kappa shape index (κ2) is 8.82. The molecule has 2 aromatic carbocycles. The number of para-hydroxylation sites is 1. The summed E-state index contributed by atoms with van der Waals surface area (Å²) in [6, 6.07) is 12.9. The fourth-order valence-electron chi connectivity index (χ4n) is 4.07. The molecule has 7 nitrogen and oxygen atoms in total. The van der Waals surface area contributed by atoms with Gasteiger partial charge in [-0.15, -0.1) is 0 Å². The summed E-state index contributed by atoms with van der Waals surface area (Å²) in [5, 5.41) is 0. The van der Waals surface area contributed by atoms with Crippen LogP contribution in [0.2, 0.25) is 0 Å². The number of benzene rings is 2. The fraction of sp³-hybridized carbons (Fsp3) is 0.348. The Kier molecular flexibility index (Phi) is 6.13. The number of nitrogens with zero attached hydrogens (tertiary/aromatic N) is 2. The van der Waals surface area contributed by atoms with E-state index in [9.17, 15) is 13.2 Å². The van der Waals surface area contributed by atoms with Crippen molar-refractivity contribution in [3.63, 3.8) is 0 Å². The van der Waals surface area contributed by atoms with E-state index in [2.05, 4.69) is 0 Å². The van der Waals surface area contributed by atoms with Crippen LogP contribution in [0.25, 0.3) is 6.08 Å². The van der Waals surface area contributed by atoms with Crippen molar-refractivity contribution in [2.75, 3.05) is 38.3 Å². The first-order valence-electron chi connectivity index (χ1n) is 10.3. The summed E-state index contributed by atoms with van der Waals surface area (Å²) in [6.07, 6.45) is 3.96. The van der Waals surface area contributed by atoms with E-state index >= 15 is 0 Å². The molecule has 2 aliphatic rings. The molecule has 0 bridgehead atoms. The number of fused-ring (bicyclic) bond motifs is 1. The maximum atomic E-state index is 13.1. The van der Waals surface area contributed by atoms with Crippen LogP contribution in [0.15, 0.2) is 53.4 Å². The number of sulfonamides is 1. The number of methoxy groups -OCH3 is 1. The second-order valence-electron chi connectivity index (χ2n) is 7.65. The maximum Gasteiger partial charge on any atom is 0.251 e. The van der Waals surface area contributed by atoms with Gasteiger partial charge in [-0.2, -0.15) is 4.31 Å². The molecule has 0 aliphatic carbocycles. The Labute approximate surface area is 182 Å². The molecular formula is C23H26N2O5S. The van der Waals surface area contributed by atoms with Gasteiger partial charge in [-0.1, -0.05) is 24.3 Å². The van der Waals surface area contributed by atoms with E-state index < -0.39 is 10.0 Å². The zero-order valence-electron chi connectivity index (χ0n) is 17.7. The third-order valence-electron chi connectivity index (χ3n) is 5.64. The molecule has 31 heavy (non-hydrogen) atoms. The first kappa shape index (κ1) is 21.5. The summed E-state index contributed by atoms with van der Waals surface area (Å²) in [6.45, 7) is 3.36. The fourth-order valence-corrected chi connectivity index (χ4v) is 5.67. The van der Waals surface area contributed by atoms with Gasteiger partial charge < -0.3 is 14.4 Å². The molecule has 0 N–H and O–H groups in total. The van der Waals surface area contributed by atoms with Crippen LogP contribution in [0, 0.1) is 0 Å². The first-order chi connectivity index (χ1) is 14.9. The maximum absolute atomic E-state index is 13.1. The Balaban J connectivity index is 1.60. The van der Waals surface area contributed by atoms with E-state index in [0.717, 1.165) is 17.7 Å². The molecule has 4 rings (SSSR count). The molecule has 1 atom stereocenters. The Morgan fingerprint density at radius 3 is 2.65 bits per heavy atom. The molecule has 0 spiro atoms. The van der Waals surface area contributed by atoms with E-state index in [-0.39, 0.29) is 22.6 Å². The van der Waals surface area contributed by atoms with Crippen LogP contribution in [0.1, 0.15) is 18.1 Å². The average Bonchev–Trinajstić information content (AvgIpc) is 3.13. The molecule has 1 saturated heterocycles. The molecule has 0 saturated carbocycles. The molecule has 2 heterocycles. The van der Waals surface area contributed by atoms with Crippen molar-refractivity contribution in [1.29, 1.82) is 0 Å². The zero-order valence-corrected chi connectivity index (χ0v) is 18.5. The van der Waals surface area contributed by atoms with E-state index in [1.807, 2.05) is 31.2 Å². The van der Waals surface area contributed by atoms with Crippen LogP contribution in [0.4, 0.5) is 5.69 Å². The normalized spacial score (nSPS) is 19.5. The van der Waals surface area contributed by atoms with E-state index in [0.29, 0.717) is 31.9 Å². The van der Waals surface area contributed by atoms with Crippen molar-refractivity contribution in [2.45, 2.75) is 24.3 Å². The summed E-state index contributed by atoms with van der Waals surface area (Å²) in [4.78, 5) is 14.8. The lowest BCUT2D eigenvalue weighted by Gasteiger charge is -2.26. The van der Waals surface area contributed by atoms with Gasteiger partial charge in [0, 0.05) is 30.9 Å². The predicted octanol–water partition coefficient (Wildman–Crippen LogP) is 2.71. The van der Waals surface area contributed by atoms with E-state index in [1.54, 1.807) is 29.2 Å². The summed E-state index contributed by atoms with van der Waals surface area (Å²) in [5.74, 6) is 0.142. The average molecular weight is 443 g/mol. The number of hydrogen-bond acceptors (Lipinski definition) is 5. The largest absolute Gasteiger partial charge is 0.495 e. The van der Waals surface area contributed by atoms with Crippen molar-refractivity contribution < 1.29 is 22.7 Å². The van der Waals surface area contributed by atoms with Gasteiger partial charge in [0.15, 0.2) is 0 Å². The highest BCUT2D eigenvalue weighted by atomic mass is 32.2. The molecule has 1 fully saturated rings. The highest BCUT2D eigenvalue weighted by Gasteiger charge is 2.30. The van der Waals surface area contributed by atoms with Crippen molar-refractivity contribution in [3.05, 3.63) is 59.7 Å². The van der Waals surface area contributed by atoms with E-state index in [4.69, 9.17) is 9.47 Å². The lowest BCUT2D eigenvalue weighted by molar-refractivity contribution is -0.114. The van der Waals surface area contributed by atoms with Gasteiger partial charge >= 0.3 is 0 Å². The highest BCUT2D eigenvalue weighted by Crippen LogP contribution is 2.32. The minimum Gasteiger partial charge on any atom is -0.495 e. The number of carbonyl (C=O) groups is 1. The van der Waals surface area contributed by atoms with Crippen molar-refractivity contribution in [2.24, 2.45) is 0 Å². The molecule has 2 aliphatic heterocycles. The van der Waals surface area contributed by atoms with Crippen LogP contribution in [0.5, 0.6) is 5.75 Å². The Morgan fingerprint density at radius 2 is 1.90 bits per heavy atom. The molecule has 1 unspecified atom stereocenters. The second-order valence-corrected chi connectivity index (χ2v) is 9.56. The number of hydrogen-bond donors (Lipinski definition) is 0. The van der Waals surface area contributed by atoms with Crippen LogP contribution in [-0.4, -0.2) is 58.1 Å². The first-order valence-corrected chi connectivity index (χ1v) is 11.7. The Bertz CT molecular complexity index is 1110. The number of amides is 1. The smallest absolute Gasteiger partial charge is 0.251 e. The number of carbonyl (C=O) groups excluding carboxylic acids is 1. The molecule has 2 aromatic rings. The zero-order chi connectivity index (χ0) is 22.0. The summed E-state index contributed by atoms with van der Waals surface area (Å²) < 4.78 is 38.2. The van der Waals surface area contributed by atoms with Gasteiger partial charge in [0.05, 0.1) is 20.3 Å². The monoisotopic (exact) mass is 442 g/mol. The van der Waals surface area contributed by atoms with Gasteiger partial charge in [-0.05, 0) is 48.7 Å². The highest BCUT2D eigenvalue weighted by molar-refractivity contribution is 7.89. The van der Waals surface area contributed by atoms with Gasteiger partial charge in [-0.3, -0.25) is 4.79 Å². The third-order valence-corrected chi connectivity index (χ3v) is 7.56. The van der Waals surface area contributed by atoms with Crippen molar-refractivity contribution >= 4 is 27.7 Å². The molecule has 164 valence electrons. The van der Waals surface area contributed by atoms with Crippen LogP contribution < -0.4 is 9.64 Å². The summed E-state index contributed by atoms with van der Waals surface area (Å²) in [5.41, 5.74) is 2.69. The minimum atomic E-state index is -3.73. The number of anilines is 1.